The number of hydrogen-bond donors (Lipinski definition) is 1. The van der Waals surface area contributed by atoms with E-state index in [1.165, 1.54) is 5.56 Å². The van der Waals surface area contributed by atoms with Crippen molar-refractivity contribution >= 4 is 15.9 Å². The van der Waals surface area contributed by atoms with Gasteiger partial charge in [-0.2, -0.15) is 0 Å². The van der Waals surface area contributed by atoms with E-state index in [4.69, 9.17) is 9.26 Å². The van der Waals surface area contributed by atoms with Gasteiger partial charge in [0.05, 0.1) is 5.69 Å². The highest BCUT2D eigenvalue weighted by Gasteiger charge is 2.22. The van der Waals surface area contributed by atoms with E-state index in [-0.39, 0.29) is 6.10 Å². The molecular formula is C13H13BrN2O2. The average Bonchev–Trinajstić information content (AvgIpc) is 2.97. The second kappa shape index (κ2) is 5.12. The molecule has 0 saturated carbocycles. The zero-order valence-electron chi connectivity index (χ0n) is 9.73. The van der Waals surface area contributed by atoms with Crippen molar-refractivity contribution in [2.75, 3.05) is 6.54 Å². The Morgan fingerprint density at radius 3 is 3.17 bits per heavy atom. The lowest BCUT2D eigenvalue weighted by atomic mass is 10.1. The molecule has 0 aliphatic carbocycles. The van der Waals surface area contributed by atoms with Crippen LogP contribution in [0.3, 0.4) is 0 Å². The molecular weight excluding hydrogens is 296 g/mol. The molecule has 0 amide bonds. The smallest absolute Gasteiger partial charge is 0.124 e. The molecule has 3 rings (SSSR count). The molecule has 1 N–H and O–H groups in total. The van der Waals surface area contributed by atoms with Gasteiger partial charge in [0.1, 0.15) is 18.1 Å². The van der Waals surface area contributed by atoms with Crippen molar-refractivity contribution in [3.8, 4) is 5.75 Å². The topological polar surface area (TPSA) is 47.3 Å². The van der Waals surface area contributed by atoms with Crippen LogP contribution in [0.25, 0.3) is 0 Å². The average molecular weight is 309 g/mol. The van der Waals surface area contributed by atoms with Crippen molar-refractivity contribution in [2.24, 2.45) is 0 Å². The van der Waals surface area contributed by atoms with Crippen LogP contribution in [-0.2, 0) is 13.0 Å². The van der Waals surface area contributed by atoms with Gasteiger partial charge in [0.25, 0.3) is 0 Å². The Labute approximate surface area is 113 Å². The van der Waals surface area contributed by atoms with Crippen LogP contribution < -0.4 is 10.1 Å². The molecule has 18 heavy (non-hydrogen) atoms. The van der Waals surface area contributed by atoms with E-state index in [0.29, 0.717) is 6.54 Å². The zero-order chi connectivity index (χ0) is 12.4. The fourth-order valence-corrected chi connectivity index (χ4v) is 2.50. The van der Waals surface area contributed by atoms with Gasteiger partial charge in [-0.15, -0.1) is 0 Å². The van der Waals surface area contributed by atoms with Crippen LogP contribution in [0, 0.1) is 0 Å². The van der Waals surface area contributed by atoms with E-state index >= 15 is 0 Å². The fraction of sp³-hybridized carbons (Fsp3) is 0.308. The van der Waals surface area contributed by atoms with E-state index in [0.717, 1.165) is 28.9 Å². The number of nitrogens with one attached hydrogen (secondary N) is 1. The molecule has 1 aliphatic rings. The first-order valence-corrected chi connectivity index (χ1v) is 6.65. The largest absolute Gasteiger partial charge is 0.488 e. The molecule has 4 nitrogen and oxygen atoms in total. The maximum absolute atomic E-state index is 5.85. The highest BCUT2D eigenvalue weighted by Crippen LogP contribution is 2.30. The van der Waals surface area contributed by atoms with Crippen molar-refractivity contribution in [1.82, 2.24) is 10.5 Å². The molecule has 2 aromatic rings. The molecule has 1 aliphatic heterocycles. The summed E-state index contributed by atoms with van der Waals surface area (Å²) in [5, 5.41) is 7.17. The second-order valence-corrected chi connectivity index (χ2v) is 5.23. The highest BCUT2D eigenvalue weighted by molar-refractivity contribution is 9.10. The summed E-state index contributed by atoms with van der Waals surface area (Å²) in [6.45, 7) is 1.51. The lowest BCUT2D eigenvalue weighted by Gasteiger charge is -2.10. The van der Waals surface area contributed by atoms with E-state index in [1.807, 2.05) is 18.2 Å². The Morgan fingerprint density at radius 1 is 1.39 bits per heavy atom. The first-order chi connectivity index (χ1) is 8.81. The quantitative estimate of drug-likeness (QED) is 0.943. The molecule has 2 heterocycles. The molecule has 0 radical (unpaired) electrons. The Hall–Kier alpha value is -1.33. The van der Waals surface area contributed by atoms with Crippen molar-refractivity contribution in [1.29, 1.82) is 0 Å². The van der Waals surface area contributed by atoms with Crippen LogP contribution >= 0.6 is 15.9 Å². The summed E-state index contributed by atoms with van der Waals surface area (Å²) >= 11 is 3.47. The lowest BCUT2D eigenvalue weighted by molar-refractivity contribution is 0.226. The molecule has 1 aromatic carbocycles. The SMILES string of the molecule is Brc1ccc2c(c1)CC(CNCc1ccon1)O2. The van der Waals surface area contributed by atoms with Crippen molar-refractivity contribution in [3.63, 3.8) is 0 Å². The van der Waals surface area contributed by atoms with E-state index in [2.05, 4.69) is 32.5 Å². The van der Waals surface area contributed by atoms with Crippen molar-refractivity contribution in [3.05, 3.63) is 46.3 Å². The van der Waals surface area contributed by atoms with Crippen LogP contribution in [0.15, 0.2) is 39.5 Å². The lowest BCUT2D eigenvalue weighted by Crippen LogP contribution is -2.29. The Morgan fingerprint density at radius 2 is 2.33 bits per heavy atom. The number of hydrogen-bond acceptors (Lipinski definition) is 4. The van der Waals surface area contributed by atoms with Crippen LogP contribution in [-0.4, -0.2) is 17.8 Å². The van der Waals surface area contributed by atoms with Crippen LogP contribution in [0.4, 0.5) is 0 Å². The molecule has 0 saturated heterocycles. The molecule has 0 fully saturated rings. The summed E-state index contributed by atoms with van der Waals surface area (Å²) in [6, 6.07) is 7.99. The Balaban J connectivity index is 1.52. The molecule has 0 bridgehead atoms. The number of fused-ring (bicyclic) bond motifs is 1. The van der Waals surface area contributed by atoms with Gasteiger partial charge in [0.15, 0.2) is 0 Å². The molecule has 94 valence electrons. The monoisotopic (exact) mass is 308 g/mol. The standard InChI is InChI=1S/C13H13BrN2O2/c14-10-1-2-13-9(5-10)6-12(18-13)8-15-7-11-3-4-17-16-11/h1-5,12,15H,6-8H2. The summed E-state index contributed by atoms with van der Waals surface area (Å²) < 4.78 is 11.7. The van der Waals surface area contributed by atoms with E-state index < -0.39 is 0 Å². The maximum Gasteiger partial charge on any atom is 0.124 e. The van der Waals surface area contributed by atoms with Crippen LogP contribution in [0.2, 0.25) is 0 Å². The second-order valence-electron chi connectivity index (χ2n) is 4.32. The normalized spacial score (nSPS) is 17.5. The summed E-state index contributed by atoms with van der Waals surface area (Å²) in [5.41, 5.74) is 2.17. The third-order valence-electron chi connectivity index (χ3n) is 2.93. The molecule has 0 spiro atoms. The molecule has 1 atom stereocenters. The Bertz CT molecular complexity index is 528. The number of rotatable bonds is 4. The van der Waals surface area contributed by atoms with Gasteiger partial charge in [0, 0.05) is 30.0 Å². The summed E-state index contributed by atoms with van der Waals surface area (Å²) in [6.07, 6.45) is 2.72. The van der Waals surface area contributed by atoms with Crippen molar-refractivity contribution < 1.29 is 9.26 Å². The van der Waals surface area contributed by atoms with E-state index in [9.17, 15) is 0 Å². The minimum Gasteiger partial charge on any atom is -0.488 e. The van der Waals surface area contributed by atoms with Gasteiger partial charge >= 0.3 is 0 Å². The predicted octanol–water partition coefficient (Wildman–Crippen LogP) is 2.53. The summed E-state index contributed by atoms with van der Waals surface area (Å²) in [4.78, 5) is 0. The van der Waals surface area contributed by atoms with Gasteiger partial charge in [-0.1, -0.05) is 21.1 Å². The summed E-state index contributed by atoms with van der Waals surface area (Å²) in [7, 11) is 0. The third kappa shape index (κ3) is 2.57. The van der Waals surface area contributed by atoms with Crippen LogP contribution in [0.1, 0.15) is 11.3 Å². The minimum atomic E-state index is 0.196. The molecule has 5 heteroatoms. The number of ether oxygens (including phenoxy) is 1. The van der Waals surface area contributed by atoms with Gasteiger partial charge in [-0.25, -0.2) is 0 Å². The van der Waals surface area contributed by atoms with Crippen LogP contribution in [0.5, 0.6) is 5.75 Å². The molecule has 1 aromatic heterocycles. The minimum absolute atomic E-state index is 0.196. The molecule has 1 unspecified atom stereocenters. The summed E-state index contributed by atoms with van der Waals surface area (Å²) in [5.74, 6) is 0.992. The fourth-order valence-electron chi connectivity index (χ4n) is 2.09. The van der Waals surface area contributed by atoms with Crippen molar-refractivity contribution in [2.45, 2.75) is 19.1 Å². The first kappa shape index (κ1) is 11.7. The third-order valence-corrected chi connectivity index (χ3v) is 3.43. The number of aromatic nitrogens is 1. The Kier molecular flexibility index (Phi) is 3.34. The van der Waals surface area contributed by atoms with Gasteiger partial charge in [-0.05, 0) is 23.8 Å². The number of benzene rings is 1. The van der Waals surface area contributed by atoms with Gasteiger partial charge in [0.2, 0.25) is 0 Å². The zero-order valence-corrected chi connectivity index (χ0v) is 11.3. The van der Waals surface area contributed by atoms with Gasteiger partial charge in [-0.3, -0.25) is 0 Å². The maximum atomic E-state index is 5.85. The first-order valence-electron chi connectivity index (χ1n) is 5.86. The highest BCUT2D eigenvalue weighted by atomic mass is 79.9. The van der Waals surface area contributed by atoms with Gasteiger partial charge < -0.3 is 14.6 Å². The number of nitrogens with zero attached hydrogens (tertiary/aromatic N) is 1. The predicted molar refractivity (Wildman–Crippen MR) is 70.5 cm³/mol. The van der Waals surface area contributed by atoms with E-state index in [1.54, 1.807) is 6.26 Å². The number of halogens is 1.